The van der Waals surface area contributed by atoms with Crippen LogP contribution in [0.1, 0.15) is 10.4 Å². The lowest BCUT2D eigenvalue weighted by Gasteiger charge is -2.00. The number of carbonyl (C=O) groups is 1. The normalized spacial score (nSPS) is 11.1. The summed E-state index contributed by atoms with van der Waals surface area (Å²) in [4.78, 5) is 30.0. The highest BCUT2D eigenvalue weighted by atomic mass is 32.1. The highest BCUT2D eigenvalue weighted by Gasteiger charge is 2.19. The van der Waals surface area contributed by atoms with Crippen LogP contribution in [0.15, 0.2) is 100 Å². The number of nitrogens with one attached hydrogen (secondary N) is 1. The number of carboxylic acids is 1. The molecule has 0 saturated heterocycles. The van der Waals surface area contributed by atoms with Crippen LogP contribution in [0.2, 0.25) is 0 Å². The van der Waals surface area contributed by atoms with E-state index in [2.05, 4.69) is 20.3 Å². The molecule has 0 amide bonds. The third-order valence-corrected chi connectivity index (χ3v) is 6.38. The van der Waals surface area contributed by atoms with Crippen LogP contribution < -0.4 is 10.3 Å². The number of aromatic amines is 1. The number of hydrogen-bond acceptors (Lipinski definition) is 7. The fraction of sp³-hybridized carbons (Fsp3) is 0.0385. The summed E-state index contributed by atoms with van der Waals surface area (Å²) in [6.07, 6.45) is 1.70. The molecule has 0 radical (unpaired) electrons. The number of rotatable bonds is 7. The highest BCUT2D eigenvalue weighted by Crippen LogP contribution is 2.32. The van der Waals surface area contributed by atoms with Gasteiger partial charge in [0.2, 0.25) is 5.13 Å². The van der Waals surface area contributed by atoms with Gasteiger partial charge in [0.25, 0.3) is 0 Å². The Hall–Kier alpha value is -4.83. The zero-order valence-corrected chi connectivity index (χ0v) is 19.8. The van der Waals surface area contributed by atoms with Gasteiger partial charge >= 0.3 is 11.5 Å². The van der Waals surface area contributed by atoms with Crippen LogP contribution in [0.5, 0.6) is 5.75 Å². The molecule has 2 aromatic heterocycles. The first kappa shape index (κ1) is 22.9. The summed E-state index contributed by atoms with van der Waals surface area (Å²) in [5.74, 6) is -0.321. The standard InChI is InChI=1S/C26H19N5O4S/c1-35-20-12-10-16(11-13-20)21-15-27-26(36-21)31-24(32)23(22(30-31)17-6-3-2-4-7-17)29-28-19-9-5-8-18(14-19)25(33)34/h2-15,30H,1H3,(H,33,34). The van der Waals surface area contributed by atoms with Crippen LogP contribution in [-0.4, -0.2) is 33.0 Å². The predicted octanol–water partition coefficient (Wildman–Crippen LogP) is 6.08. The summed E-state index contributed by atoms with van der Waals surface area (Å²) in [5, 5.41) is 21.1. The van der Waals surface area contributed by atoms with Crippen LogP contribution in [-0.2, 0) is 0 Å². The van der Waals surface area contributed by atoms with Crippen LogP contribution in [0.3, 0.4) is 0 Å². The van der Waals surface area contributed by atoms with E-state index in [0.29, 0.717) is 16.5 Å². The van der Waals surface area contributed by atoms with Crippen molar-refractivity contribution in [2.75, 3.05) is 7.11 Å². The van der Waals surface area contributed by atoms with Crippen molar-refractivity contribution in [3.63, 3.8) is 0 Å². The SMILES string of the molecule is COc1ccc(-c2cnc(-n3[nH]c(-c4ccccc4)c(N=Nc4cccc(C(=O)O)c4)c3=O)s2)cc1. The van der Waals surface area contributed by atoms with Gasteiger partial charge in [0, 0.05) is 11.8 Å². The number of benzene rings is 3. The zero-order valence-electron chi connectivity index (χ0n) is 19.0. The van der Waals surface area contributed by atoms with Crippen LogP contribution >= 0.6 is 11.3 Å². The lowest BCUT2D eigenvalue weighted by molar-refractivity contribution is 0.0697. The topological polar surface area (TPSA) is 122 Å². The maximum Gasteiger partial charge on any atom is 0.335 e. The van der Waals surface area contributed by atoms with Crippen molar-refractivity contribution in [2.24, 2.45) is 10.2 Å². The smallest absolute Gasteiger partial charge is 0.335 e. The first-order valence-corrected chi connectivity index (χ1v) is 11.6. The fourth-order valence-electron chi connectivity index (χ4n) is 3.53. The molecule has 0 atom stereocenters. The third-order valence-electron chi connectivity index (χ3n) is 5.35. The Bertz CT molecular complexity index is 1620. The Morgan fingerprint density at radius 3 is 2.50 bits per heavy atom. The second-order valence-electron chi connectivity index (χ2n) is 7.63. The molecule has 10 heteroatoms. The number of aromatic carboxylic acids is 1. The summed E-state index contributed by atoms with van der Waals surface area (Å²) in [5.41, 5.74) is 2.21. The van der Waals surface area contributed by atoms with Crippen molar-refractivity contribution < 1.29 is 14.6 Å². The molecular formula is C26H19N5O4S. The Balaban J connectivity index is 1.56. The quantitative estimate of drug-likeness (QED) is 0.264. The molecule has 0 saturated carbocycles. The molecule has 0 bridgehead atoms. The maximum absolute atomic E-state index is 13.4. The molecule has 178 valence electrons. The Labute approximate surface area is 209 Å². The van der Waals surface area contributed by atoms with Crippen molar-refractivity contribution in [3.05, 3.63) is 101 Å². The number of methoxy groups -OCH3 is 1. The molecule has 2 N–H and O–H groups in total. The Kier molecular flexibility index (Phi) is 6.25. The van der Waals surface area contributed by atoms with Gasteiger partial charge in [-0.2, -0.15) is 9.80 Å². The van der Waals surface area contributed by atoms with Crippen molar-refractivity contribution in [1.29, 1.82) is 0 Å². The van der Waals surface area contributed by atoms with Gasteiger partial charge in [-0.3, -0.25) is 9.89 Å². The summed E-state index contributed by atoms with van der Waals surface area (Å²) >= 11 is 1.35. The van der Waals surface area contributed by atoms with E-state index in [1.54, 1.807) is 25.4 Å². The number of ether oxygens (including phenoxy) is 1. The average Bonchev–Trinajstić information content (AvgIpc) is 3.53. The minimum Gasteiger partial charge on any atom is -0.497 e. The minimum absolute atomic E-state index is 0.0788. The summed E-state index contributed by atoms with van der Waals surface area (Å²) in [7, 11) is 1.61. The molecule has 0 aliphatic heterocycles. The van der Waals surface area contributed by atoms with Gasteiger partial charge in [-0.15, -0.1) is 5.11 Å². The van der Waals surface area contributed by atoms with E-state index >= 15 is 0 Å². The van der Waals surface area contributed by atoms with E-state index < -0.39 is 11.5 Å². The fourth-order valence-corrected chi connectivity index (χ4v) is 4.41. The molecule has 2 heterocycles. The molecule has 36 heavy (non-hydrogen) atoms. The van der Waals surface area contributed by atoms with Crippen molar-refractivity contribution in [1.82, 2.24) is 14.8 Å². The number of carboxylic acid groups (broad SMARTS) is 1. The van der Waals surface area contributed by atoms with Gasteiger partial charge in [-0.25, -0.2) is 9.78 Å². The molecule has 0 spiro atoms. The summed E-state index contributed by atoms with van der Waals surface area (Å²) in [6, 6.07) is 22.9. The largest absolute Gasteiger partial charge is 0.497 e. The summed E-state index contributed by atoms with van der Waals surface area (Å²) < 4.78 is 6.55. The maximum atomic E-state index is 13.4. The van der Waals surface area contributed by atoms with Gasteiger partial charge < -0.3 is 9.84 Å². The van der Waals surface area contributed by atoms with E-state index in [0.717, 1.165) is 21.8 Å². The lowest BCUT2D eigenvalue weighted by Crippen LogP contribution is -2.13. The third kappa shape index (κ3) is 4.57. The van der Waals surface area contributed by atoms with E-state index in [1.807, 2.05) is 54.6 Å². The Morgan fingerprint density at radius 1 is 1.00 bits per heavy atom. The van der Waals surface area contributed by atoms with Crippen LogP contribution in [0.4, 0.5) is 11.4 Å². The van der Waals surface area contributed by atoms with Gasteiger partial charge in [0.05, 0.1) is 28.9 Å². The molecule has 5 aromatic rings. The zero-order chi connectivity index (χ0) is 25.1. The molecule has 5 rings (SSSR count). The van der Waals surface area contributed by atoms with Gasteiger partial charge in [-0.1, -0.05) is 47.7 Å². The van der Waals surface area contributed by atoms with Gasteiger partial charge in [0.1, 0.15) is 5.75 Å². The second-order valence-corrected chi connectivity index (χ2v) is 8.64. The van der Waals surface area contributed by atoms with E-state index in [-0.39, 0.29) is 11.3 Å². The summed E-state index contributed by atoms with van der Waals surface area (Å²) in [6.45, 7) is 0. The molecule has 3 aromatic carbocycles. The number of hydrogen-bond donors (Lipinski definition) is 2. The first-order valence-electron chi connectivity index (χ1n) is 10.8. The van der Waals surface area contributed by atoms with Gasteiger partial charge in [-0.05, 0) is 48.0 Å². The molecular weight excluding hydrogens is 478 g/mol. The monoisotopic (exact) mass is 497 g/mol. The van der Waals surface area contributed by atoms with E-state index in [1.165, 1.54) is 28.2 Å². The number of thiazole rings is 1. The second kappa shape index (κ2) is 9.80. The van der Waals surface area contributed by atoms with E-state index in [4.69, 9.17) is 4.74 Å². The van der Waals surface area contributed by atoms with Crippen LogP contribution in [0, 0.1) is 0 Å². The molecule has 0 fully saturated rings. The number of H-pyrrole nitrogens is 1. The first-order chi connectivity index (χ1) is 17.5. The molecule has 0 aliphatic rings. The number of azo groups is 1. The van der Waals surface area contributed by atoms with Crippen molar-refractivity contribution in [2.45, 2.75) is 0 Å². The van der Waals surface area contributed by atoms with Gasteiger partial charge in [0.15, 0.2) is 5.69 Å². The van der Waals surface area contributed by atoms with Crippen molar-refractivity contribution >= 4 is 28.7 Å². The highest BCUT2D eigenvalue weighted by molar-refractivity contribution is 7.17. The molecule has 9 nitrogen and oxygen atoms in total. The lowest BCUT2D eigenvalue weighted by atomic mass is 10.1. The molecule has 0 unspecified atom stereocenters. The molecule has 0 aliphatic carbocycles. The number of nitrogens with zero attached hydrogens (tertiary/aromatic N) is 4. The number of aromatic nitrogens is 3. The minimum atomic E-state index is -1.07. The predicted molar refractivity (Wildman–Crippen MR) is 137 cm³/mol. The van der Waals surface area contributed by atoms with Crippen LogP contribution in [0.25, 0.3) is 26.8 Å². The Morgan fingerprint density at radius 2 is 1.78 bits per heavy atom. The average molecular weight is 498 g/mol. The van der Waals surface area contributed by atoms with E-state index in [9.17, 15) is 14.7 Å². The van der Waals surface area contributed by atoms with Crippen molar-refractivity contribution in [3.8, 4) is 32.6 Å².